The highest BCUT2D eigenvalue weighted by Crippen LogP contribution is 2.36. The molecule has 0 saturated carbocycles. The second-order valence-electron chi connectivity index (χ2n) is 10.3. The number of benzene rings is 2. The molecule has 4 aromatic rings. The third-order valence-corrected chi connectivity index (χ3v) is 7.32. The molecule has 2 N–H and O–H groups in total. The van der Waals surface area contributed by atoms with E-state index in [1.807, 2.05) is 18.3 Å². The molecule has 0 amide bonds. The summed E-state index contributed by atoms with van der Waals surface area (Å²) in [6.45, 7) is 8.21. The summed E-state index contributed by atoms with van der Waals surface area (Å²) < 4.78 is 73.6. The second-order valence-corrected chi connectivity index (χ2v) is 11.3. The van der Waals surface area contributed by atoms with Gasteiger partial charge in [0.15, 0.2) is 0 Å². The molecule has 2 aromatic carbocycles. The minimum Gasteiger partial charge on any atom is -0.465 e. The molecule has 44 heavy (non-hydrogen) atoms. The van der Waals surface area contributed by atoms with E-state index >= 15 is 0 Å². The summed E-state index contributed by atoms with van der Waals surface area (Å²) in [4.78, 5) is 27.9. The highest BCUT2D eigenvalue weighted by molar-refractivity contribution is 9.10. The summed E-state index contributed by atoms with van der Waals surface area (Å²) in [7, 11) is 1.86. The highest BCUT2D eigenvalue weighted by Gasteiger charge is 2.52. The molecule has 3 heterocycles. The maximum Gasteiger partial charge on any atom is 0.512 e. The number of carbonyl (C=O) groups excluding carboxylic acids is 2. The van der Waals surface area contributed by atoms with Crippen molar-refractivity contribution < 1.29 is 45.9 Å². The van der Waals surface area contributed by atoms with E-state index in [1.165, 1.54) is 0 Å². The number of hydrogen-bond donors (Lipinski definition) is 2. The van der Waals surface area contributed by atoms with Gasteiger partial charge in [-0.3, -0.25) is 0 Å². The molecule has 2 aromatic heterocycles. The maximum absolute atomic E-state index is 13.6. The maximum atomic E-state index is 13.6. The highest BCUT2D eigenvalue weighted by atomic mass is 79.9. The number of aromatic nitrogens is 2. The van der Waals surface area contributed by atoms with Crippen LogP contribution in [0.1, 0.15) is 48.4 Å². The molecule has 0 aliphatic carbocycles. The Bertz CT molecular complexity index is 1540. The van der Waals surface area contributed by atoms with E-state index in [-0.39, 0.29) is 22.8 Å². The van der Waals surface area contributed by atoms with Crippen LogP contribution in [0.25, 0.3) is 11.3 Å². The number of rotatable bonds is 4. The van der Waals surface area contributed by atoms with Crippen molar-refractivity contribution in [2.24, 2.45) is 0 Å². The first kappa shape index (κ1) is 34.6. The number of H-pyrrole nitrogens is 2. The summed E-state index contributed by atoms with van der Waals surface area (Å²) in [5, 5.41) is 0. The lowest BCUT2D eigenvalue weighted by atomic mass is 9.85. The van der Waals surface area contributed by atoms with Crippen molar-refractivity contribution >= 4 is 40.6 Å². The number of hydrogen-bond acceptors (Lipinski definition) is 6. The number of methoxy groups -OCH3 is 2. The molecule has 1 saturated heterocycles. The quantitative estimate of drug-likeness (QED) is 0.144. The Labute approximate surface area is 260 Å². The average Bonchev–Trinajstić information content (AvgIpc) is 3.70. The third-order valence-electron chi connectivity index (χ3n) is 6.87. The van der Waals surface area contributed by atoms with Crippen molar-refractivity contribution in [1.29, 1.82) is 0 Å². The first-order valence-corrected chi connectivity index (χ1v) is 13.8. The van der Waals surface area contributed by atoms with Gasteiger partial charge < -0.3 is 28.8 Å². The van der Waals surface area contributed by atoms with E-state index in [0.717, 1.165) is 44.1 Å². The first-order valence-electron chi connectivity index (χ1n) is 13.0. The van der Waals surface area contributed by atoms with Gasteiger partial charge in [-0.1, -0.05) is 15.9 Å². The van der Waals surface area contributed by atoms with E-state index in [4.69, 9.17) is 9.31 Å². The lowest BCUT2D eigenvalue weighted by Crippen LogP contribution is -2.41. The standard InChI is InChI=1S/C12H9F2NO2.C10H16BNO2.C8H5BrF2O2/c1-17-12(16)11-8(13)5-7(6-9(11)14)10-3-2-4-15-10;1-9(2)10(3,4)14-11(13-9)8-6-5-7-12-8;1-13-8(12)7-5(10)2-4(9)3-6(7)11/h2-6,15H,1H3;5-7,12H,1-4H3;2-3H,1H3. The van der Waals surface area contributed by atoms with Crippen LogP contribution in [0.15, 0.2) is 65.4 Å². The number of carbonyl (C=O) groups is 2. The summed E-state index contributed by atoms with van der Waals surface area (Å²) in [5.41, 5.74) is -0.0000231. The summed E-state index contributed by atoms with van der Waals surface area (Å²) in [6.07, 6.45) is 3.51. The molecule has 1 aliphatic heterocycles. The minimum absolute atomic E-state index is 0.232. The molecule has 5 rings (SSSR count). The van der Waals surface area contributed by atoms with Crippen LogP contribution in [0.3, 0.4) is 0 Å². The van der Waals surface area contributed by atoms with E-state index < -0.39 is 46.3 Å². The van der Waals surface area contributed by atoms with Gasteiger partial charge in [-0.05, 0) is 76.2 Å². The van der Waals surface area contributed by atoms with Gasteiger partial charge in [0.25, 0.3) is 0 Å². The predicted octanol–water partition coefficient (Wildman–Crippen LogP) is 6.57. The van der Waals surface area contributed by atoms with E-state index in [2.05, 4.69) is 63.1 Å². The molecule has 0 unspecified atom stereocenters. The van der Waals surface area contributed by atoms with Crippen LogP contribution < -0.4 is 5.59 Å². The van der Waals surface area contributed by atoms with Crippen LogP contribution in [-0.2, 0) is 18.8 Å². The zero-order chi connectivity index (χ0) is 32.8. The van der Waals surface area contributed by atoms with Crippen molar-refractivity contribution in [2.45, 2.75) is 38.9 Å². The molecule has 8 nitrogen and oxygen atoms in total. The number of ether oxygens (including phenoxy) is 2. The fourth-order valence-electron chi connectivity index (χ4n) is 3.84. The smallest absolute Gasteiger partial charge is 0.465 e. The van der Waals surface area contributed by atoms with Crippen molar-refractivity contribution in [3.8, 4) is 11.3 Å². The third kappa shape index (κ3) is 7.98. The van der Waals surface area contributed by atoms with E-state index in [1.54, 1.807) is 18.3 Å². The number of aromatic amines is 2. The summed E-state index contributed by atoms with van der Waals surface area (Å²) in [5.74, 6) is -5.83. The summed E-state index contributed by atoms with van der Waals surface area (Å²) in [6, 6.07) is 11.5. The Balaban J connectivity index is 0.000000182. The van der Waals surface area contributed by atoms with Crippen LogP contribution in [0.5, 0.6) is 0 Å². The van der Waals surface area contributed by atoms with Gasteiger partial charge in [0, 0.05) is 33.7 Å². The van der Waals surface area contributed by atoms with Crippen molar-refractivity contribution in [3.63, 3.8) is 0 Å². The Morgan fingerprint density at radius 1 is 0.750 bits per heavy atom. The Kier molecular flexibility index (Phi) is 11.2. The molecule has 0 atom stereocenters. The molecule has 1 fully saturated rings. The largest absolute Gasteiger partial charge is 0.512 e. The molecule has 234 valence electrons. The van der Waals surface area contributed by atoms with Crippen molar-refractivity contribution in [3.05, 3.63) is 99.8 Å². The van der Waals surface area contributed by atoms with Crippen LogP contribution >= 0.6 is 15.9 Å². The number of esters is 2. The summed E-state index contributed by atoms with van der Waals surface area (Å²) >= 11 is 2.89. The molecule has 0 spiro atoms. The zero-order valence-corrected chi connectivity index (χ0v) is 26.3. The molecule has 14 heteroatoms. The fraction of sp³-hybridized carbons (Fsp3) is 0.267. The molecular formula is C30H30BBrF4N2O6. The number of halogens is 5. The normalized spacial score (nSPS) is 14.6. The lowest BCUT2D eigenvalue weighted by Gasteiger charge is -2.32. The monoisotopic (exact) mass is 680 g/mol. The predicted molar refractivity (Wildman–Crippen MR) is 159 cm³/mol. The van der Waals surface area contributed by atoms with Crippen LogP contribution in [0.4, 0.5) is 17.6 Å². The molecular weight excluding hydrogens is 651 g/mol. The van der Waals surface area contributed by atoms with Crippen molar-refractivity contribution in [1.82, 2.24) is 9.97 Å². The van der Waals surface area contributed by atoms with E-state index in [9.17, 15) is 27.2 Å². The molecule has 1 aliphatic rings. The van der Waals surface area contributed by atoms with Gasteiger partial charge >= 0.3 is 19.1 Å². The van der Waals surface area contributed by atoms with Crippen LogP contribution in [0.2, 0.25) is 0 Å². The van der Waals surface area contributed by atoms with E-state index in [0.29, 0.717) is 11.3 Å². The molecule has 0 radical (unpaired) electrons. The lowest BCUT2D eigenvalue weighted by molar-refractivity contribution is 0.00578. The Morgan fingerprint density at radius 3 is 1.57 bits per heavy atom. The first-order chi connectivity index (χ1) is 20.6. The topological polar surface area (TPSA) is 103 Å². The minimum atomic E-state index is -1.03. The second kappa shape index (κ2) is 14.3. The van der Waals surface area contributed by atoms with Gasteiger partial charge in [0.05, 0.1) is 25.4 Å². The van der Waals surface area contributed by atoms with Crippen molar-refractivity contribution in [2.75, 3.05) is 14.2 Å². The SMILES string of the molecule is CC1(C)OB(c2ccc[nH]2)OC1(C)C.COC(=O)c1c(F)cc(-c2ccc[nH]2)cc1F.COC(=O)c1c(F)cc(Br)cc1F. The zero-order valence-electron chi connectivity index (χ0n) is 24.7. The Hall–Kier alpha value is -3.88. The van der Waals surface area contributed by atoms with Gasteiger partial charge in [0.2, 0.25) is 0 Å². The van der Waals surface area contributed by atoms with Gasteiger partial charge in [0.1, 0.15) is 34.4 Å². The number of nitrogens with one attached hydrogen (secondary N) is 2. The van der Waals surface area contributed by atoms with Crippen LogP contribution in [0, 0.1) is 23.3 Å². The van der Waals surface area contributed by atoms with Gasteiger partial charge in [-0.25, -0.2) is 27.2 Å². The molecule has 0 bridgehead atoms. The van der Waals surface area contributed by atoms with Gasteiger partial charge in [-0.2, -0.15) is 0 Å². The Morgan fingerprint density at radius 2 is 1.18 bits per heavy atom. The van der Waals surface area contributed by atoms with Crippen LogP contribution in [-0.4, -0.2) is 54.4 Å². The fourth-order valence-corrected chi connectivity index (χ4v) is 4.24. The van der Waals surface area contributed by atoms with Gasteiger partial charge in [-0.15, -0.1) is 0 Å². The average molecular weight is 681 g/mol.